The first kappa shape index (κ1) is 35.6. The van der Waals surface area contributed by atoms with Crippen LogP contribution in [0.3, 0.4) is 0 Å². The SMILES string of the molecule is CC(COS(=O)(=O)C(C(F)(F)F)(C(F)(F)F)C(F)(F)F)OS(=O)(=O)C(C(F)(F)F)(C(F)(F)F)C(F)(F)F. The summed E-state index contributed by atoms with van der Waals surface area (Å²) in [6.45, 7) is -3.40. The van der Waals surface area contributed by atoms with Crippen LogP contribution in [0.2, 0.25) is 0 Å². The van der Waals surface area contributed by atoms with Gasteiger partial charge in [-0.25, -0.2) is 0 Å². The fourth-order valence-corrected chi connectivity index (χ4v) is 5.29. The van der Waals surface area contributed by atoms with Gasteiger partial charge < -0.3 is 0 Å². The summed E-state index contributed by atoms with van der Waals surface area (Å²) in [6.07, 6.45) is -50.9. The van der Waals surface area contributed by atoms with Gasteiger partial charge in [-0.05, 0) is 6.92 Å². The molecule has 0 heterocycles. The molecule has 0 aliphatic carbocycles. The summed E-state index contributed by atoms with van der Waals surface area (Å²) < 4.78 is 266. The average Bonchev–Trinajstić information content (AvgIpc) is 2.42. The molecule has 0 radical (unpaired) electrons. The van der Waals surface area contributed by atoms with Crippen LogP contribution in [0.15, 0.2) is 0 Å². The van der Waals surface area contributed by atoms with E-state index in [1.807, 2.05) is 0 Å². The van der Waals surface area contributed by atoms with Crippen molar-refractivity contribution < 1.29 is 104 Å². The molecule has 1 unspecified atom stereocenters. The van der Waals surface area contributed by atoms with E-state index in [9.17, 15) is 95.9 Å². The van der Waals surface area contributed by atoms with E-state index in [-0.39, 0.29) is 0 Å². The van der Waals surface area contributed by atoms with Crippen LogP contribution in [-0.2, 0) is 28.6 Å². The van der Waals surface area contributed by atoms with Gasteiger partial charge >= 0.3 is 66.8 Å². The van der Waals surface area contributed by atoms with Crippen molar-refractivity contribution in [3.8, 4) is 0 Å². The number of halogens is 18. The van der Waals surface area contributed by atoms with Gasteiger partial charge in [0.2, 0.25) is 0 Å². The van der Waals surface area contributed by atoms with Gasteiger partial charge in [0.05, 0.1) is 12.7 Å². The molecule has 37 heavy (non-hydrogen) atoms. The third kappa shape index (κ3) is 5.51. The number of hydrogen-bond acceptors (Lipinski definition) is 6. The van der Waals surface area contributed by atoms with E-state index in [1.54, 1.807) is 0 Å². The van der Waals surface area contributed by atoms with Crippen molar-refractivity contribution in [2.45, 2.75) is 59.6 Å². The van der Waals surface area contributed by atoms with Crippen LogP contribution in [-0.4, -0.2) is 76.1 Å². The molecule has 0 N–H and O–H groups in total. The summed E-state index contributed by atoms with van der Waals surface area (Å²) >= 11 is 0. The quantitative estimate of drug-likeness (QED) is 0.290. The minimum atomic E-state index is -8.26. The van der Waals surface area contributed by atoms with Crippen LogP contribution in [0.4, 0.5) is 79.0 Å². The summed E-state index contributed by atoms with van der Waals surface area (Å²) in [7, 11) is -16.5. The zero-order chi connectivity index (χ0) is 30.7. The molecule has 26 heteroatoms. The fourth-order valence-electron chi connectivity index (χ4n) is 2.40. The minimum Gasteiger partial charge on any atom is -0.266 e. The van der Waals surface area contributed by atoms with E-state index >= 15 is 0 Å². The maximum atomic E-state index is 12.8. The molecule has 0 saturated carbocycles. The Hall–Kier alpha value is -1.44. The summed E-state index contributed by atoms with van der Waals surface area (Å²) in [4.78, 5) is 0. The molecule has 0 aromatic heterocycles. The lowest BCUT2D eigenvalue weighted by molar-refractivity contribution is -0.352. The maximum absolute atomic E-state index is 12.8. The van der Waals surface area contributed by atoms with E-state index < -0.39 is 86.4 Å². The van der Waals surface area contributed by atoms with Gasteiger partial charge in [0.25, 0.3) is 0 Å². The number of alkyl halides is 18. The molecule has 6 nitrogen and oxygen atoms in total. The lowest BCUT2D eigenvalue weighted by Gasteiger charge is -2.38. The second-order valence-electron chi connectivity index (χ2n) is 6.45. The molecule has 224 valence electrons. The van der Waals surface area contributed by atoms with Crippen LogP contribution in [0.5, 0.6) is 0 Å². The first-order chi connectivity index (χ1) is 15.6. The Kier molecular flexibility index (Phi) is 8.98. The van der Waals surface area contributed by atoms with Crippen LogP contribution >= 0.6 is 0 Å². The van der Waals surface area contributed by atoms with Crippen LogP contribution in [0.1, 0.15) is 6.92 Å². The van der Waals surface area contributed by atoms with E-state index in [2.05, 4.69) is 8.37 Å². The van der Waals surface area contributed by atoms with E-state index in [1.165, 1.54) is 0 Å². The molecule has 0 aromatic carbocycles. The minimum absolute atomic E-state index is 0.391. The summed E-state index contributed by atoms with van der Waals surface area (Å²) in [5.74, 6) is 0. The number of hydrogen-bond donors (Lipinski definition) is 0. The Balaban J connectivity index is 6.70. The molecule has 0 aliphatic heterocycles. The van der Waals surface area contributed by atoms with E-state index in [4.69, 9.17) is 0 Å². The molecular weight excluding hydrogens is 634 g/mol. The molecule has 0 saturated heterocycles. The topological polar surface area (TPSA) is 86.7 Å². The molecule has 1 atom stereocenters. The highest BCUT2D eigenvalue weighted by Crippen LogP contribution is 2.59. The number of rotatable bonds is 7. The smallest absolute Gasteiger partial charge is 0.266 e. The Morgan fingerprint density at radius 1 is 0.486 bits per heavy atom. The standard InChI is InChI=1S/C11H6F18O6S2/c1-3(35-37(32,33)5(9(21,22)23,10(24,25)26)11(27,28)29)2-34-36(30,31)4(6(12,13)14,7(15,16)17)8(18,19)20/h3H,2H2,1H3. The monoisotopic (exact) mass is 640 g/mol. The highest BCUT2D eigenvalue weighted by molar-refractivity contribution is 7.88. The second-order valence-corrected chi connectivity index (χ2v) is 9.92. The van der Waals surface area contributed by atoms with Gasteiger partial charge in [0, 0.05) is 0 Å². The zero-order valence-electron chi connectivity index (χ0n) is 16.4. The normalized spacial score (nSPS) is 17.2. The lowest BCUT2D eigenvalue weighted by atomic mass is 10.1. The predicted octanol–water partition coefficient (Wildman–Crippen LogP) is 4.92. The van der Waals surface area contributed by atoms with Gasteiger partial charge in [-0.15, -0.1) is 0 Å². The van der Waals surface area contributed by atoms with Gasteiger partial charge in [-0.3, -0.25) is 8.37 Å². The first-order valence-electron chi connectivity index (χ1n) is 7.82. The molecule has 0 rings (SSSR count). The Labute approximate surface area is 191 Å². The van der Waals surface area contributed by atoms with Crippen molar-refractivity contribution in [3.63, 3.8) is 0 Å². The Morgan fingerprint density at radius 3 is 0.919 bits per heavy atom. The van der Waals surface area contributed by atoms with Crippen LogP contribution in [0, 0.1) is 0 Å². The molecular formula is C11H6F18O6S2. The van der Waals surface area contributed by atoms with Crippen molar-refractivity contribution >= 4 is 20.2 Å². The highest BCUT2D eigenvalue weighted by Gasteiger charge is 2.93. The fraction of sp³-hybridized carbons (Fsp3) is 1.00. The van der Waals surface area contributed by atoms with Crippen molar-refractivity contribution in [2.24, 2.45) is 0 Å². The lowest BCUT2D eigenvalue weighted by Crippen LogP contribution is -2.71. The van der Waals surface area contributed by atoms with E-state index in [0.29, 0.717) is 0 Å². The largest absolute Gasteiger partial charge is 0.428 e. The molecule has 0 aromatic rings. The van der Waals surface area contributed by atoms with Crippen LogP contribution in [0.25, 0.3) is 0 Å². The average molecular weight is 640 g/mol. The maximum Gasteiger partial charge on any atom is 0.428 e. The summed E-state index contributed by atoms with van der Waals surface area (Å²) in [5, 5.41) is 0. The van der Waals surface area contributed by atoms with Gasteiger partial charge in [0.1, 0.15) is 0 Å². The van der Waals surface area contributed by atoms with Gasteiger partial charge in [-0.2, -0.15) is 95.9 Å². The third-order valence-electron chi connectivity index (χ3n) is 3.89. The van der Waals surface area contributed by atoms with Crippen LogP contribution < -0.4 is 0 Å². The second kappa shape index (κ2) is 9.34. The van der Waals surface area contributed by atoms with Crippen molar-refractivity contribution in [1.82, 2.24) is 0 Å². The molecule has 0 spiro atoms. The third-order valence-corrected chi connectivity index (χ3v) is 7.81. The molecule has 0 amide bonds. The van der Waals surface area contributed by atoms with Crippen molar-refractivity contribution in [2.75, 3.05) is 6.61 Å². The highest BCUT2D eigenvalue weighted by atomic mass is 32.2. The molecule has 0 aliphatic rings. The predicted molar refractivity (Wildman–Crippen MR) is 76.1 cm³/mol. The van der Waals surface area contributed by atoms with Crippen molar-refractivity contribution in [1.29, 1.82) is 0 Å². The summed E-state index contributed by atoms with van der Waals surface area (Å²) in [6, 6.07) is 0. The van der Waals surface area contributed by atoms with E-state index in [0.717, 1.165) is 0 Å². The molecule has 0 bridgehead atoms. The first-order valence-corrected chi connectivity index (χ1v) is 10.6. The van der Waals surface area contributed by atoms with Gasteiger partial charge in [-0.1, -0.05) is 0 Å². The summed E-state index contributed by atoms with van der Waals surface area (Å²) in [5.41, 5.74) is 0. The van der Waals surface area contributed by atoms with Crippen molar-refractivity contribution in [3.05, 3.63) is 0 Å². The Bertz CT molecular complexity index is 951. The Morgan fingerprint density at radius 2 is 0.703 bits per heavy atom. The molecule has 0 fully saturated rings. The van der Waals surface area contributed by atoms with Gasteiger partial charge in [0.15, 0.2) is 0 Å². The zero-order valence-corrected chi connectivity index (χ0v) is 18.0.